The van der Waals surface area contributed by atoms with Gasteiger partial charge in [0.2, 0.25) is 0 Å². The fourth-order valence-electron chi connectivity index (χ4n) is 3.03. The van der Waals surface area contributed by atoms with Crippen molar-refractivity contribution in [1.29, 1.82) is 0 Å². The zero-order valence-corrected chi connectivity index (χ0v) is 13.1. The summed E-state index contributed by atoms with van der Waals surface area (Å²) in [4.78, 5) is 12.4. The summed E-state index contributed by atoms with van der Waals surface area (Å²) in [7, 11) is 0. The van der Waals surface area contributed by atoms with Crippen LogP contribution in [0.15, 0.2) is 18.2 Å². The molecule has 1 unspecified atom stereocenters. The van der Waals surface area contributed by atoms with Crippen LogP contribution in [0.3, 0.4) is 0 Å². The number of carbonyl (C=O) groups is 1. The first-order valence-electron chi connectivity index (χ1n) is 7.74. The standard InChI is InChI=1S/C17H25NO3/c1-4-17(5-2)11-13(9-10-21-17)18-16(20)14-7-6-8-15(19)12(14)3/h6-8,13,19H,4-5,9-11H2,1-3H3,(H,18,20). The average molecular weight is 291 g/mol. The lowest BCUT2D eigenvalue weighted by Gasteiger charge is -2.40. The van der Waals surface area contributed by atoms with E-state index in [0.29, 0.717) is 17.7 Å². The zero-order valence-electron chi connectivity index (χ0n) is 13.1. The van der Waals surface area contributed by atoms with E-state index in [1.54, 1.807) is 25.1 Å². The molecule has 0 aliphatic carbocycles. The van der Waals surface area contributed by atoms with Crippen LogP contribution in [-0.4, -0.2) is 29.3 Å². The highest BCUT2D eigenvalue weighted by Crippen LogP contribution is 2.31. The van der Waals surface area contributed by atoms with Gasteiger partial charge in [-0.15, -0.1) is 0 Å². The van der Waals surface area contributed by atoms with E-state index >= 15 is 0 Å². The zero-order chi connectivity index (χ0) is 15.5. The van der Waals surface area contributed by atoms with Crippen LogP contribution >= 0.6 is 0 Å². The summed E-state index contributed by atoms with van der Waals surface area (Å²) in [5, 5.41) is 12.8. The van der Waals surface area contributed by atoms with Gasteiger partial charge in [0.05, 0.1) is 5.60 Å². The number of benzene rings is 1. The van der Waals surface area contributed by atoms with Crippen molar-refractivity contribution in [3.05, 3.63) is 29.3 Å². The molecule has 0 bridgehead atoms. The normalized spacial score (nSPS) is 21.0. The molecule has 1 saturated heterocycles. The van der Waals surface area contributed by atoms with Gasteiger partial charge in [0.15, 0.2) is 0 Å². The number of amides is 1. The molecule has 0 radical (unpaired) electrons. The Morgan fingerprint density at radius 3 is 2.81 bits per heavy atom. The highest BCUT2D eigenvalue weighted by Gasteiger charge is 2.35. The summed E-state index contributed by atoms with van der Waals surface area (Å²) >= 11 is 0. The Morgan fingerprint density at radius 1 is 1.43 bits per heavy atom. The van der Waals surface area contributed by atoms with Crippen LogP contribution in [0.2, 0.25) is 0 Å². The first-order valence-corrected chi connectivity index (χ1v) is 7.74. The Kier molecular flexibility index (Phi) is 4.88. The minimum Gasteiger partial charge on any atom is -0.508 e. The molecule has 0 aromatic heterocycles. The van der Waals surface area contributed by atoms with E-state index in [1.807, 2.05) is 0 Å². The maximum Gasteiger partial charge on any atom is 0.251 e. The molecule has 1 atom stereocenters. The van der Waals surface area contributed by atoms with Crippen LogP contribution < -0.4 is 5.32 Å². The maximum absolute atomic E-state index is 12.4. The quantitative estimate of drug-likeness (QED) is 0.896. The maximum atomic E-state index is 12.4. The summed E-state index contributed by atoms with van der Waals surface area (Å²) < 4.78 is 5.93. The first kappa shape index (κ1) is 15.8. The Morgan fingerprint density at radius 2 is 2.14 bits per heavy atom. The molecule has 1 aromatic carbocycles. The molecule has 2 N–H and O–H groups in total. The summed E-state index contributed by atoms with van der Waals surface area (Å²) in [6.07, 6.45) is 3.61. The smallest absolute Gasteiger partial charge is 0.251 e. The number of ether oxygens (including phenoxy) is 1. The van der Waals surface area contributed by atoms with Gasteiger partial charge in [-0.05, 0) is 44.7 Å². The predicted molar refractivity (Wildman–Crippen MR) is 82.6 cm³/mol. The van der Waals surface area contributed by atoms with Crippen molar-refractivity contribution in [2.24, 2.45) is 0 Å². The SMILES string of the molecule is CCC1(CC)CC(NC(=O)c2cccc(O)c2C)CCO1. The summed E-state index contributed by atoms with van der Waals surface area (Å²) in [6.45, 7) is 6.71. The number of rotatable bonds is 4. The Bertz CT molecular complexity index is 509. The molecule has 1 aromatic rings. The molecular formula is C17H25NO3. The molecule has 0 saturated carbocycles. The van der Waals surface area contributed by atoms with Crippen molar-refractivity contribution in [3.63, 3.8) is 0 Å². The fraction of sp³-hybridized carbons (Fsp3) is 0.588. The molecule has 4 heteroatoms. The van der Waals surface area contributed by atoms with Crippen LogP contribution in [0.4, 0.5) is 0 Å². The number of aromatic hydroxyl groups is 1. The van der Waals surface area contributed by atoms with E-state index in [2.05, 4.69) is 19.2 Å². The van der Waals surface area contributed by atoms with Gasteiger partial charge >= 0.3 is 0 Å². The van der Waals surface area contributed by atoms with Gasteiger partial charge in [0, 0.05) is 23.8 Å². The molecule has 2 rings (SSSR count). The second-order valence-electron chi connectivity index (χ2n) is 5.85. The topological polar surface area (TPSA) is 58.6 Å². The van der Waals surface area contributed by atoms with E-state index < -0.39 is 0 Å². The highest BCUT2D eigenvalue weighted by atomic mass is 16.5. The van der Waals surface area contributed by atoms with E-state index in [1.165, 1.54) is 0 Å². The Balaban J connectivity index is 2.07. The van der Waals surface area contributed by atoms with Crippen LogP contribution in [0.1, 0.15) is 55.5 Å². The lowest BCUT2D eigenvalue weighted by Crippen LogP contribution is -2.48. The molecule has 1 aliphatic rings. The van der Waals surface area contributed by atoms with Gasteiger partial charge in [-0.2, -0.15) is 0 Å². The van der Waals surface area contributed by atoms with Crippen LogP contribution in [0, 0.1) is 6.92 Å². The van der Waals surface area contributed by atoms with Gasteiger partial charge in [-0.3, -0.25) is 4.79 Å². The van der Waals surface area contributed by atoms with Crippen molar-refractivity contribution < 1.29 is 14.6 Å². The third kappa shape index (κ3) is 3.38. The van der Waals surface area contributed by atoms with E-state index in [4.69, 9.17) is 4.74 Å². The number of carbonyl (C=O) groups excluding carboxylic acids is 1. The number of phenols is 1. The number of phenolic OH excluding ortho intramolecular Hbond substituents is 1. The lowest BCUT2D eigenvalue weighted by atomic mass is 9.86. The van der Waals surface area contributed by atoms with Gasteiger partial charge in [-0.1, -0.05) is 19.9 Å². The summed E-state index contributed by atoms with van der Waals surface area (Å²) in [5.41, 5.74) is 1.06. The number of hydrogen-bond acceptors (Lipinski definition) is 3. The molecule has 21 heavy (non-hydrogen) atoms. The molecule has 1 fully saturated rings. The van der Waals surface area contributed by atoms with Crippen molar-refractivity contribution in [2.45, 2.75) is 58.1 Å². The summed E-state index contributed by atoms with van der Waals surface area (Å²) in [5.74, 6) is 0.0440. The van der Waals surface area contributed by atoms with E-state index in [0.717, 1.165) is 25.7 Å². The lowest BCUT2D eigenvalue weighted by molar-refractivity contribution is -0.0917. The highest BCUT2D eigenvalue weighted by molar-refractivity contribution is 5.96. The molecule has 1 aliphatic heterocycles. The second kappa shape index (κ2) is 6.48. The summed E-state index contributed by atoms with van der Waals surface area (Å²) in [6, 6.07) is 5.17. The third-order valence-corrected chi connectivity index (χ3v) is 4.67. The van der Waals surface area contributed by atoms with E-state index in [-0.39, 0.29) is 23.3 Å². The second-order valence-corrected chi connectivity index (χ2v) is 5.85. The van der Waals surface area contributed by atoms with Crippen molar-refractivity contribution in [1.82, 2.24) is 5.32 Å². The van der Waals surface area contributed by atoms with Crippen LogP contribution in [0.5, 0.6) is 5.75 Å². The molecule has 0 spiro atoms. The predicted octanol–water partition coefficient (Wildman–Crippen LogP) is 3.17. The average Bonchev–Trinajstić information content (AvgIpc) is 2.50. The Labute approximate surface area is 126 Å². The van der Waals surface area contributed by atoms with E-state index in [9.17, 15) is 9.90 Å². The van der Waals surface area contributed by atoms with Crippen LogP contribution in [-0.2, 0) is 4.74 Å². The largest absolute Gasteiger partial charge is 0.508 e. The molecule has 1 heterocycles. The molecule has 116 valence electrons. The van der Waals surface area contributed by atoms with Crippen molar-refractivity contribution >= 4 is 5.91 Å². The van der Waals surface area contributed by atoms with Crippen molar-refractivity contribution in [3.8, 4) is 5.75 Å². The molecule has 4 nitrogen and oxygen atoms in total. The number of nitrogens with one attached hydrogen (secondary N) is 1. The van der Waals surface area contributed by atoms with Gasteiger partial charge in [0.25, 0.3) is 5.91 Å². The third-order valence-electron chi connectivity index (χ3n) is 4.67. The van der Waals surface area contributed by atoms with Crippen LogP contribution in [0.25, 0.3) is 0 Å². The molecule has 1 amide bonds. The minimum atomic E-state index is -0.114. The van der Waals surface area contributed by atoms with Crippen molar-refractivity contribution in [2.75, 3.05) is 6.61 Å². The molecular weight excluding hydrogens is 266 g/mol. The first-order chi connectivity index (χ1) is 10.0. The van der Waals surface area contributed by atoms with Gasteiger partial charge in [-0.25, -0.2) is 0 Å². The van der Waals surface area contributed by atoms with Gasteiger partial charge < -0.3 is 15.2 Å². The monoisotopic (exact) mass is 291 g/mol. The number of hydrogen-bond donors (Lipinski definition) is 2. The Hall–Kier alpha value is -1.55. The van der Waals surface area contributed by atoms with Gasteiger partial charge in [0.1, 0.15) is 5.75 Å². The fourth-order valence-corrected chi connectivity index (χ4v) is 3.03. The minimum absolute atomic E-state index is 0.107.